The summed E-state index contributed by atoms with van der Waals surface area (Å²) < 4.78 is 15.7. The number of nitrogens with one attached hydrogen (secondary N) is 1. The van der Waals surface area contributed by atoms with Crippen molar-refractivity contribution in [3.05, 3.63) is 59.7 Å². The maximum Gasteiger partial charge on any atom is 0.342 e. The number of methoxy groups -OCH3 is 2. The molecule has 2 aromatic carbocycles. The number of ether oxygens (including phenoxy) is 3. The summed E-state index contributed by atoms with van der Waals surface area (Å²) in [4.78, 5) is 24.8. The van der Waals surface area contributed by atoms with Crippen LogP contribution in [-0.4, -0.2) is 38.2 Å². The predicted octanol–water partition coefficient (Wildman–Crippen LogP) is 3.39. The van der Waals surface area contributed by atoms with E-state index in [1.54, 1.807) is 25.1 Å². The van der Waals surface area contributed by atoms with E-state index in [1.165, 1.54) is 19.8 Å². The van der Waals surface area contributed by atoms with Gasteiger partial charge in [0.25, 0.3) is 5.91 Å². The Morgan fingerprint density at radius 1 is 0.964 bits per heavy atom. The number of rotatable bonds is 9. The Bertz CT molecular complexity index is 791. The average molecular weight is 385 g/mol. The second kappa shape index (κ2) is 10.3. The van der Waals surface area contributed by atoms with Gasteiger partial charge in [0.05, 0.1) is 14.2 Å². The second-order valence-electron chi connectivity index (χ2n) is 6.52. The molecule has 1 amide bonds. The molecule has 0 aliphatic rings. The molecule has 6 nitrogen and oxygen atoms in total. The van der Waals surface area contributed by atoms with Crippen LogP contribution < -0.4 is 14.8 Å². The minimum Gasteiger partial charge on any atom is -0.493 e. The van der Waals surface area contributed by atoms with Gasteiger partial charge >= 0.3 is 5.97 Å². The van der Waals surface area contributed by atoms with Gasteiger partial charge in [-0.25, -0.2) is 4.79 Å². The minimum atomic E-state index is -0.928. The largest absolute Gasteiger partial charge is 0.493 e. The first-order valence-corrected chi connectivity index (χ1v) is 9.22. The van der Waals surface area contributed by atoms with Crippen molar-refractivity contribution >= 4 is 11.9 Å². The number of aryl methyl sites for hydroxylation is 1. The molecule has 0 heterocycles. The van der Waals surface area contributed by atoms with Crippen LogP contribution in [0.3, 0.4) is 0 Å². The summed E-state index contributed by atoms with van der Waals surface area (Å²) in [5.41, 5.74) is 1.42. The first kappa shape index (κ1) is 21.3. The van der Waals surface area contributed by atoms with Gasteiger partial charge < -0.3 is 19.5 Å². The first-order valence-electron chi connectivity index (χ1n) is 9.22. The number of hydrogen-bond acceptors (Lipinski definition) is 5. The SMILES string of the molecule is COc1cccc(C(=O)O[C@@H](C)C(=O)N[C@@H](C)CCc2ccccc2)c1OC. The van der Waals surface area contributed by atoms with Crippen LogP contribution in [0.15, 0.2) is 48.5 Å². The Morgan fingerprint density at radius 3 is 2.32 bits per heavy atom. The van der Waals surface area contributed by atoms with Gasteiger partial charge in [0.2, 0.25) is 0 Å². The molecule has 0 spiro atoms. The van der Waals surface area contributed by atoms with Gasteiger partial charge in [0, 0.05) is 6.04 Å². The molecule has 6 heteroatoms. The summed E-state index contributed by atoms with van der Waals surface area (Å²) in [5, 5.41) is 2.89. The quantitative estimate of drug-likeness (QED) is 0.670. The van der Waals surface area contributed by atoms with E-state index in [4.69, 9.17) is 14.2 Å². The summed E-state index contributed by atoms with van der Waals surface area (Å²) in [5.74, 6) is -0.284. The first-order chi connectivity index (χ1) is 13.5. The Balaban J connectivity index is 1.90. The van der Waals surface area contributed by atoms with Crippen LogP contribution in [0.1, 0.15) is 36.2 Å². The molecule has 28 heavy (non-hydrogen) atoms. The fourth-order valence-corrected chi connectivity index (χ4v) is 2.79. The van der Waals surface area contributed by atoms with Crippen LogP contribution in [-0.2, 0) is 16.0 Å². The van der Waals surface area contributed by atoms with Gasteiger partial charge in [0.1, 0.15) is 5.56 Å². The van der Waals surface area contributed by atoms with Crippen LogP contribution in [0.25, 0.3) is 0 Å². The molecule has 0 radical (unpaired) electrons. The average Bonchev–Trinajstić information content (AvgIpc) is 2.72. The molecule has 150 valence electrons. The van der Waals surface area contributed by atoms with Crippen LogP contribution in [0.4, 0.5) is 0 Å². The summed E-state index contributed by atoms with van der Waals surface area (Å²) in [6, 6.07) is 14.9. The summed E-state index contributed by atoms with van der Waals surface area (Å²) in [7, 11) is 2.93. The monoisotopic (exact) mass is 385 g/mol. The van der Waals surface area contributed by atoms with Crippen LogP contribution >= 0.6 is 0 Å². The third kappa shape index (κ3) is 5.74. The maximum absolute atomic E-state index is 12.5. The molecule has 0 aliphatic carbocycles. The topological polar surface area (TPSA) is 73.9 Å². The van der Waals surface area contributed by atoms with E-state index in [0.717, 1.165) is 12.8 Å². The van der Waals surface area contributed by atoms with Gasteiger partial charge in [0.15, 0.2) is 17.6 Å². The molecule has 2 aromatic rings. The van der Waals surface area contributed by atoms with Gasteiger partial charge in [-0.15, -0.1) is 0 Å². The summed E-state index contributed by atoms with van der Waals surface area (Å²) in [6.07, 6.45) is 0.722. The molecule has 0 aromatic heterocycles. The van der Waals surface area contributed by atoms with Crippen molar-refractivity contribution in [3.8, 4) is 11.5 Å². The molecule has 0 saturated heterocycles. The molecular formula is C22H27NO5. The fourth-order valence-electron chi connectivity index (χ4n) is 2.79. The van der Waals surface area contributed by atoms with Crippen molar-refractivity contribution in [1.82, 2.24) is 5.32 Å². The van der Waals surface area contributed by atoms with E-state index in [-0.39, 0.29) is 23.3 Å². The third-order valence-electron chi connectivity index (χ3n) is 4.37. The molecule has 0 unspecified atom stereocenters. The standard InChI is InChI=1S/C22H27NO5/c1-15(13-14-17-9-6-5-7-10-17)23-21(24)16(2)28-22(25)18-11-8-12-19(26-3)20(18)27-4/h5-12,15-16H,13-14H2,1-4H3,(H,23,24)/t15-,16-/m0/s1. The van der Waals surface area contributed by atoms with Crippen molar-refractivity contribution < 1.29 is 23.8 Å². The number of carbonyl (C=O) groups excluding carboxylic acids is 2. The van der Waals surface area contributed by atoms with Crippen LogP contribution in [0.5, 0.6) is 11.5 Å². The zero-order valence-electron chi connectivity index (χ0n) is 16.7. The number of amides is 1. The highest BCUT2D eigenvalue weighted by Crippen LogP contribution is 2.31. The highest BCUT2D eigenvalue weighted by molar-refractivity contribution is 5.95. The van der Waals surface area contributed by atoms with Crippen LogP contribution in [0, 0.1) is 0 Å². The number of hydrogen-bond donors (Lipinski definition) is 1. The van der Waals surface area contributed by atoms with Gasteiger partial charge in [-0.05, 0) is 44.4 Å². The smallest absolute Gasteiger partial charge is 0.342 e. The molecule has 1 N–H and O–H groups in total. The Hall–Kier alpha value is -3.02. The van der Waals surface area contributed by atoms with E-state index in [9.17, 15) is 9.59 Å². The Kier molecular flexibility index (Phi) is 7.87. The van der Waals surface area contributed by atoms with Crippen LogP contribution in [0.2, 0.25) is 0 Å². The highest BCUT2D eigenvalue weighted by Gasteiger charge is 2.23. The predicted molar refractivity (Wildman–Crippen MR) is 107 cm³/mol. The van der Waals surface area contributed by atoms with Crippen molar-refractivity contribution in [2.75, 3.05) is 14.2 Å². The lowest BCUT2D eigenvalue weighted by atomic mass is 10.1. The zero-order chi connectivity index (χ0) is 20.5. The second-order valence-corrected chi connectivity index (χ2v) is 6.52. The minimum absolute atomic E-state index is 0.0415. The number of benzene rings is 2. The summed E-state index contributed by atoms with van der Waals surface area (Å²) in [6.45, 7) is 3.48. The Labute approximate surface area is 165 Å². The fraction of sp³-hybridized carbons (Fsp3) is 0.364. The van der Waals surface area contributed by atoms with E-state index in [0.29, 0.717) is 5.75 Å². The van der Waals surface area contributed by atoms with Gasteiger partial charge in [-0.2, -0.15) is 0 Å². The molecule has 0 aliphatic heterocycles. The van der Waals surface area contributed by atoms with Crippen molar-refractivity contribution in [3.63, 3.8) is 0 Å². The maximum atomic E-state index is 12.5. The normalized spacial score (nSPS) is 12.6. The lowest BCUT2D eigenvalue weighted by molar-refractivity contribution is -0.129. The molecular weight excluding hydrogens is 358 g/mol. The zero-order valence-corrected chi connectivity index (χ0v) is 16.7. The van der Waals surface area contributed by atoms with E-state index < -0.39 is 12.1 Å². The lowest BCUT2D eigenvalue weighted by Crippen LogP contribution is -2.41. The van der Waals surface area contributed by atoms with E-state index >= 15 is 0 Å². The molecule has 2 atom stereocenters. The molecule has 2 rings (SSSR count). The highest BCUT2D eigenvalue weighted by atomic mass is 16.6. The van der Waals surface area contributed by atoms with Gasteiger partial charge in [-0.3, -0.25) is 4.79 Å². The third-order valence-corrected chi connectivity index (χ3v) is 4.37. The van der Waals surface area contributed by atoms with Gasteiger partial charge in [-0.1, -0.05) is 36.4 Å². The number of esters is 1. The molecule has 0 saturated carbocycles. The van der Waals surface area contributed by atoms with Crippen molar-refractivity contribution in [2.45, 2.75) is 38.8 Å². The number of para-hydroxylation sites is 1. The lowest BCUT2D eigenvalue weighted by Gasteiger charge is -2.19. The number of carbonyl (C=O) groups is 2. The van der Waals surface area contributed by atoms with E-state index in [1.807, 2.05) is 25.1 Å². The molecule has 0 bridgehead atoms. The van der Waals surface area contributed by atoms with E-state index in [2.05, 4.69) is 17.4 Å². The summed E-state index contributed by atoms with van der Waals surface area (Å²) >= 11 is 0. The van der Waals surface area contributed by atoms with Crippen molar-refractivity contribution in [2.24, 2.45) is 0 Å². The molecule has 0 fully saturated rings. The Morgan fingerprint density at radius 2 is 1.68 bits per heavy atom. The van der Waals surface area contributed by atoms with Crippen molar-refractivity contribution in [1.29, 1.82) is 0 Å².